The van der Waals surface area contributed by atoms with Crippen molar-refractivity contribution in [2.24, 2.45) is 0 Å². The van der Waals surface area contributed by atoms with Crippen LogP contribution >= 0.6 is 0 Å². The summed E-state index contributed by atoms with van der Waals surface area (Å²) in [4.78, 5) is 22.2. The molecule has 0 aliphatic carbocycles. The molecule has 6 nitrogen and oxygen atoms in total. The zero-order valence-corrected chi connectivity index (χ0v) is 11.6. The third-order valence-corrected chi connectivity index (χ3v) is 2.83. The largest absolute Gasteiger partial charge is 0.481 e. The van der Waals surface area contributed by atoms with Gasteiger partial charge < -0.3 is 10.4 Å². The predicted molar refractivity (Wildman–Crippen MR) is 70.8 cm³/mol. The van der Waals surface area contributed by atoms with E-state index >= 15 is 0 Å². The molecule has 0 fully saturated rings. The lowest BCUT2D eigenvalue weighted by atomic mass is 10.1. The van der Waals surface area contributed by atoms with Gasteiger partial charge in [0.2, 0.25) is 5.91 Å². The first-order valence-corrected chi connectivity index (χ1v) is 6.40. The summed E-state index contributed by atoms with van der Waals surface area (Å²) in [5.74, 6) is -0.907. The Morgan fingerprint density at radius 1 is 1.47 bits per heavy atom. The molecule has 2 N–H and O–H groups in total. The molecule has 0 spiro atoms. The van der Waals surface area contributed by atoms with Gasteiger partial charge in [0.25, 0.3) is 0 Å². The zero-order chi connectivity index (χ0) is 14.4. The number of carbonyl (C=O) groups is 2. The van der Waals surface area contributed by atoms with Gasteiger partial charge in [-0.15, -0.1) is 0 Å². The molecule has 1 rings (SSSR count). The number of nitrogens with one attached hydrogen (secondary N) is 1. The summed E-state index contributed by atoms with van der Waals surface area (Å²) >= 11 is 0. The van der Waals surface area contributed by atoms with Gasteiger partial charge in [0.1, 0.15) is 6.54 Å². The number of amides is 1. The van der Waals surface area contributed by atoms with E-state index < -0.39 is 5.97 Å². The minimum atomic E-state index is -0.804. The quantitative estimate of drug-likeness (QED) is 0.779. The summed E-state index contributed by atoms with van der Waals surface area (Å²) in [5.41, 5.74) is 1.84. The summed E-state index contributed by atoms with van der Waals surface area (Å²) < 4.78 is 1.66. The summed E-state index contributed by atoms with van der Waals surface area (Å²) in [6, 6.07) is 1.90. The van der Waals surface area contributed by atoms with Crippen molar-refractivity contribution < 1.29 is 14.7 Å². The van der Waals surface area contributed by atoms with Crippen LogP contribution in [0.3, 0.4) is 0 Å². The number of carboxylic acids is 1. The Bertz CT molecular complexity index is 454. The highest BCUT2D eigenvalue weighted by atomic mass is 16.4. The summed E-state index contributed by atoms with van der Waals surface area (Å²) in [6.07, 6.45) is 1.36. The minimum absolute atomic E-state index is 0.0242. The Morgan fingerprint density at radius 2 is 2.16 bits per heavy atom. The summed E-state index contributed by atoms with van der Waals surface area (Å²) in [7, 11) is 0. The lowest BCUT2D eigenvalue weighted by Crippen LogP contribution is -2.35. The van der Waals surface area contributed by atoms with Gasteiger partial charge in [-0.2, -0.15) is 5.10 Å². The highest BCUT2D eigenvalue weighted by molar-refractivity contribution is 5.76. The third-order valence-electron chi connectivity index (χ3n) is 2.83. The molecule has 1 amide bonds. The number of rotatable bonds is 7. The van der Waals surface area contributed by atoms with E-state index in [4.69, 9.17) is 5.11 Å². The Hall–Kier alpha value is -1.85. The second kappa shape index (κ2) is 6.92. The van der Waals surface area contributed by atoms with Crippen LogP contribution in [0.4, 0.5) is 0 Å². The van der Waals surface area contributed by atoms with E-state index in [-0.39, 0.29) is 24.9 Å². The molecule has 1 aromatic heterocycles. The normalized spacial score (nSPS) is 12.2. The van der Waals surface area contributed by atoms with Gasteiger partial charge in [-0.05, 0) is 39.7 Å². The molecule has 0 saturated heterocycles. The average molecular weight is 267 g/mol. The SMILES string of the molecule is Cc1cc(C)n(CC(=O)NC(C)CCCC(=O)O)n1. The first kappa shape index (κ1) is 15.2. The minimum Gasteiger partial charge on any atom is -0.481 e. The number of hydrogen-bond donors (Lipinski definition) is 2. The van der Waals surface area contributed by atoms with Gasteiger partial charge in [0.15, 0.2) is 0 Å². The lowest BCUT2D eigenvalue weighted by Gasteiger charge is -2.13. The van der Waals surface area contributed by atoms with Crippen LogP contribution in [-0.2, 0) is 16.1 Å². The van der Waals surface area contributed by atoms with Crippen LogP contribution in [0.15, 0.2) is 6.07 Å². The molecule has 0 bridgehead atoms. The van der Waals surface area contributed by atoms with Crippen molar-refractivity contribution >= 4 is 11.9 Å². The number of nitrogens with zero attached hydrogens (tertiary/aromatic N) is 2. The van der Waals surface area contributed by atoms with Crippen LogP contribution in [0.5, 0.6) is 0 Å². The van der Waals surface area contributed by atoms with Crippen LogP contribution in [0.2, 0.25) is 0 Å². The van der Waals surface area contributed by atoms with Gasteiger partial charge in [-0.25, -0.2) is 0 Å². The second-order valence-corrected chi connectivity index (χ2v) is 4.84. The number of hydrogen-bond acceptors (Lipinski definition) is 3. The van der Waals surface area contributed by atoms with Gasteiger partial charge in [-0.1, -0.05) is 0 Å². The fourth-order valence-corrected chi connectivity index (χ4v) is 1.92. The maximum absolute atomic E-state index is 11.8. The van der Waals surface area contributed by atoms with Gasteiger partial charge >= 0.3 is 5.97 Å². The molecule has 1 heterocycles. The van der Waals surface area contributed by atoms with Gasteiger partial charge in [0.05, 0.1) is 5.69 Å². The van der Waals surface area contributed by atoms with E-state index in [1.807, 2.05) is 26.8 Å². The van der Waals surface area contributed by atoms with Crippen molar-refractivity contribution in [3.05, 3.63) is 17.5 Å². The van der Waals surface area contributed by atoms with E-state index in [9.17, 15) is 9.59 Å². The molecular weight excluding hydrogens is 246 g/mol. The van der Waals surface area contributed by atoms with Crippen molar-refractivity contribution in [2.45, 2.75) is 52.6 Å². The number of aryl methyl sites for hydroxylation is 2. The van der Waals surface area contributed by atoms with E-state index in [0.29, 0.717) is 12.8 Å². The molecule has 1 aromatic rings. The van der Waals surface area contributed by atoms with Crippen LogP contribution in [0.1, 0.15) is 37.6 Å². The van der Waals surface area contributed by atoms with Crippen molar-refractivity contribution in [1.82, 2.24) is 15.1 Å². The number of carboxylic acid groups (broad SMARTS) is 1. The molecule has 0 aromatic carbocycles. The first-order valence-electron chi connectivity index (χ1n) is 6.40. The van der Waals surface area contributed by atoms with E-state index in [0.717, 1.165) is 11.4 Å². The maximum atomic E-state index is 11.8. The van der Waals surface area contributed by atoms with Crippen molar-refractivity contribution in [1.29, 1.82) is 0 Å². The molecule has 19 heavy (non-hydrogen) atoms. The van der Waals surface area contributed by atoms with Crippen molar-refractivity contribution in [3.63, 3.8) is 0 Å². The van der Waals surface area contributed by atoms with E-state index in [2.05, 4.69) is 10.4 Å². The highest BCUT2D eigenvalue weighted by Crippen LogP contribution is 2.03. The van der Waals surface area contributed by atoms with Gasteiger partial charge in [0, 0.05) is 18.2 Å². The first-order chi connectivity index (χ1) is 8.88. The lowest BCUT2D eigenvalue weighted by molar-refractivity contribution is -0.137. The van der Waals surface area contributed by atoms with Gasteiger partial charge in [-0.3, -0.25) is 14.3 Å². The predicted octanol–water partition coefficient (Wildman–Crippen LogP) is 1.26. The Labute approximate surface area is 112 Å². The zero-order valence-electron chi connectivity index (χ0n) is 11.6. The molecule has 1 unspecified atom stereocenters. The summed E-state index contributed by atoms with van der Waals surface area (Å²) in [6.45, 7) is 5.86. The standard InChI is InChI=1S/C13H21N3O3/c1-9(5-4-6-13(18)19)14-12(17)8-16-11(3)7-10(2)15-16/h7,9H,4-6,8H2,1-3H3,(H,14,17)(H,18,19). The fourth-order valence-electron chi connectivity index (χ4n) is 1.92. The topological polar surface area (TPSA) is 84.2 Å². The molecule has 0 radical (unpaired) electrons. The van der Waals surface area contributed by atoms with Crippen LogP contribution in [0.25, 0.3) is 0 Å². The molecule has 0 aliphatic heterocycles. The molecule has 6 heteroatoms. The number of aliphatic carboxylic acids is 1. The number of carbonyl (C=O) groups excluding carboxylic acids is 1. The molecule has 0 saturated carbocycles. The van der Waals surface area contributed by atoms with Crippen molar-refractivity contribution in [3.8, 4) is 0 Å². The fraction of sp³-hybridized carbons (Fsp3) is 0.615. The average Bonchev–Trinajstić information content (AvgIpc) is 2.56. The smallest absolute Gasteiger partial charge is 0.303 e. The molecular formula is C13H21N3O3. The maximum Gasteiger partial charge on any atom is 0.303 e. The molecule has 1 atom stereocenters. The van der Waals surface area contributed by atoms with E-state index in [1.165, 1.54) is 0 Å². The highest BCUT2D eigenvalue weighted by Gasteiger charge is 2.10. The Kier molecular flexibility index (Phi) is 5.54. The van der Waals surface area contributed by atoms with Crippen LogP contribution in [0, 0.1) is 13.8 Å². The van der Waals surface area contributed by atoms with E-state index in [1.54, 1.807) is 4.68 Å². The Balaban J connectivity index is 2.34. The second-order valence-electron chi connectivity index (χ2n) is 4.84. The molecule has 0 aliphatic rings. The number of aromatic nitrogens is 2. The van der Waals surface area contributed by atoms with Crippen LogP contribution in [-0.4, -0.2) is 32.8 Å². The van der Waals surface area contributed by atoms with Crippen LogP contribution < -0.4 is 5.32 Å². The Morgan fingerprint density at radius 3 is 2.68 bits per heavy atom. The summed E-state index contributed by atoms with van der Waals surface area (Å²) in [5, 5.41) is 15.6. The van der Waals surface area contributed by atoms with Crippen molar-refractivity contribution in [2.75, 3.05) is 0 Å². The monoisotopic (exact) mass is 267 g/mol. The third kappa shape index (κ3) is 5.54. The molecule has 106 valence electrons.